The van der Waals surface area contributed by atoms with Crippen LogP contribution in [-0.4, -0.2) is 23.8 Å². The molecule has 2 aromatic carbocycles. The van der Waals surface area contributed by atoms with E-state index in [0.717, 1.165) is 18.2 Å². The van der Waals surface area contributed by atoms with Crippen LogP contribution in [0.3, 0.4) is 0 Å². The molecule has 0 aliphatic heterocycles. The number of nitrogens with one attached hydrogen (secondary N) is 1. The summed E-state index contributed by atoms with van der Waals surface area (Å²) in [6.07, 6.45) is -1.33. The normalized spacial score (nSPS) is 11.6. The van der Waals surface area contributed by atoms with Gasteiger partial charge in [-0.05, 0) is 38.1 Å². The van der Waals surface area contributed by atoms with Crippen molar-refractivity contribution in [2.45, 2.75) is 20.0 Å². The fourth-order valence-electron chi connectivity index (χ4n) is 2.59. The molecule has 0 saturated carbocycles. The van der Waals surface area contributed by atoms with Crippen LogP contribution < -0.4 is 5.32 Å². The number of carbonyl (C=O) groups is 3. The Kier molecular flexibility index (Phi) is 6.06. The maximum atomic E-state index is 13.6. The summed E-state index contributed by atoms with van der Waals surface area (Å²) in [6.45, 7) is 2.71. The molecule has 3 rings (SSSR count). The molecule has 8 heteroatoms. The number of esters is 1. The number of furan rings is 1. The minimum Gasteiger partial charge on any atom is -0.449 e. The van der Waals surface area contributed by atoms with E-state index >= 15 is 0 Å². The molecule has 0 bridgehead atoms. The van der Waals surface area contributed by atoms with Crippen LogP contribution in [0, 0.1) is 11.6 Å². The molecule has 1 amide bonds. The third-order valence-corrected chi connectivity index (χ3v) is 4.25. The lowest BCUT2D eigenvalue weighted by molar-refractivity contribution is -0.123. The fourth-order valence-corrected chi connectivity index (χ4v) is 2.59. The van der Waals surface area contributed by atoms with Crippen molar-refractivity contribution < 1.29 is 32.3 Å². The molecule has 0 unspecified atom stereocenters. The fraction of sp³-hybridized carbons (Fsp3) is 0.136. The van der Waals surface area contributed by atoms with Gasteiger partial charge in [0.1, 0.15) is 23.1 Å². The molecule has 3 aromatic rings. The lowest BCUT2D eigenvalue weighted by Crippen LogP contribution is -2.30. The second-order valence-corrected chi connectivity index (χ2v) is 6.43. The van der Waals surface area contributed by atoms with Gasteiger partial charge in [0.25, 0.3) is 5.91 Å². The van der Waals surface area contributed by atoms with Gasteiger partial charge in [0.15, 0.2) is 11.9 Å². The third kappa shape index (κ3) is 4.60. The van der Waals surface area contributed by atoms with Gasteiger partial charge >= 0.3 is 5.97 Å². The lowest BCUT2D eigenvalue weighted by Gasteiger charge is -2.13. The average Bonchev–Trinajstić information content (AvgIpc) is 3.21. The average molecular weight is 413 g/mol. The highest BCUT2D eigenvalue weighted by Crippen LogP contribution is 2.24. The minimum atomic E-state index is -1.33. The summed E-state index contributed by atoms with van der Waals surface area (Å²) in [7, 11) is 0. The predicted molar refractivity (Wildman–Crippen MR) is 104 cm³/mol. The highest BCUT2D eigenvalue weighted by Gasteiger charge is 2.23. The standard InChI is InChI=1S/C22H17F2NO5/c1-12(26)14-6-8-15(9-7-14)18-10-11-19(30-18)22(28)29-13(2)21(27)25-20-16(23)4-3-5-17(20)24/h3-11,13H,1-2H3,(H,25,27)/t13-/m1/s1. The Morgan fingerprint density at radius 1 is 0.967 bits per heavy atom. The van der Waals surface area contributed by atoms with E-state index in [9.17, 15) is 23.2 Å². The molecule has 154 valence electrons. The number of benzene rings is 2. The highest BCUT2D eigenvalue weighted by atomic mass is 19.1. The highest BCUT2D eigenvalue weighted by molar-refractivity contribution is 5.97. The molecule has 1 N–H and O–H groups in total. The summed E-state index contributed by atoms with van der Waals surface area (Å²) in [5.74, 6) is -3.59. The third-order valence-electron chi connectivity index (χ3n) is 4.25. The van der Waals surface area contributed by atoms with Crippen molar-refractivity contribution in [1.82, 2.24) is 0 Å². The van der Waals surface area contributed by atoms with Crippen LogP contribution in [0.15, 0.2) is 59.0 Å². The first-order valence-electron chi connectivity index (χ1n) is 8.93. The Morgan fingerprint density at radius 2 is 1.60 bits per heavy atom. The minimum absolute atomic E-state index is 0.0761. The summed E-state index contributed by atoms with van der Waals surface area (Å²) in [5.41, 5.74) is 0.552. The van der Waals surface area contributed by atoms with Gasteiger partial charge in [-0.3, -0.25) is 9.59 Å². The van der Waals surface area contributed by atoms with Gasteiger partial charge in [0.2, 0.25) is 5.76 Å². The van der Waals surface area contributed by atoms with Crippen molar-refractivity contribution in [1.29, 1.82) is 0 Å². The number of anilines is 1. The van der Waals surface area contributed by atoms with Crippen molar-refractivity contribution in [3.63, 3.8) is 0 Å². The predicted octanol–water partition coefficient (Wildman–Crippen LogP) is 4.61. The molecule has 1 atom stereocenters. The van der Waals surface area contributed by atoms with E-state index in [1.165, 1.54) is 19.9 Å². The Hall–Kier alpha value is -3.81. The SMILES string of the molecule is CC(=O)c1ccc(-c2ccc(C(=O)O[C@H](C)C(=O)Nc3c(F)cccc3F)o2)cc1. The number of ketones is 1. The molecule has 30 heavy (non-hydrogen) atoms. The molecule has 1 aromatic heterocycles. The molecule has 0 saturated heterocycles. The van der Waals surface area contributed by atoms with Gasteiger partial charge in [0, 0.05) is 11.1 Å². The number of carbonyl (C=O) groups excluding carboxylic acids is 3. The first-order chi connectivity index (χ1) is 14.3. The van der Waals surface area contributed by atoms with Crippen LogP contribution >= 0.6 is 0 Å². The van der Waals surface area contributed by atoms with Crippen LogP contribution in [0.25, 0.3) is 11.3 Å². The molecule has 1 heterocycles. The Labute approximate surface area is 170 Å². The van der Waals surface area contributed by atoms with E-state index in [4.69, 9.17) is 9.15 Å². The summed E-state index contributed by atoms with van der Waals surface area (Å²) in [4.78, 5) is 35.7. The lowest BCUT2D eigenvalue weighted by atomic mass is 10.1. The van der Waals surface area contributed by atoms with E-state index < -0.39 is 35.3 Å². The second-order valence-electron chi connectivity index (χ2n) is 6.43. The van der Waals surface area contributed by atoms with E-state index in [-0.39, 0.29) is 11.5 Å². The number of amides is 1. The topological polar surface area (TPSA) is 85.6 Å². The Balaban J connectivity index is 1.66. The number of ether oxygens (including phenoxy) is 1. The van der Waals surface area contributed by atoms with Gasteiger partial charge in [-0.15, -0.1) is 0 Å². The van der Waals surface area contributed by atoms with E-state index in [2.05, 4.69) is 5.32 Å². The summed E-state index contributed by atoms with van der Waals surface area (Å²) >= 11 is 0. The zero-order chi connectivity index (χ0) is 21.8. The number of hydrogen-bond acceptors (Lipinski definition) is 5. The quantitative estimate of drug-likeness (QED) is 0.471. The molecule has 0 spiro atoms. The summed E-state index contributed by atoms with van der Waals surface area (Å²) in [6, 6.07) is 12.7. The molecule has 0 aliphatic rings. The Bertz CT molecular complexity index is 1080. The van der Waals surface area contributed by atoms with Crippen molar-refractivity contribution in [2.24, 2.45) is 0 Å². The van der Waals surface area contributed by atoms with Crippen LogP contribution in [0.5, 0.6) is 0 Å². The van der Waals surface area contributed by atoms with E-state index in [1.54, 1.807) is 30.3 Å². The molecule has 0 radical (unpaired) electrons. The number of hydrogen-bond donors (Lipinski definition) is 1. The maximum Gasteiger partial charge on any atom is 0.375 e. The number of halogens is 2. The van der Waals surface area contributed by atoms with Crippen molar-refractivity contribution in [3.05, 3.63) is 77.6 Å². The van der Waals surface area contributed by atoms with Crippen LogP contribution in [0.4, 0.5) is 14.5 Å². The first kappa shape index (κ1) is 20.9. The van der Waals surface area contributed by atoms with Gasteiger partial charge < -0.3 is 14.5 Å². The number of para-hydroxylation sites is 1. The molecule has 0 aliphatic carbocycles. The van der Waals surface area contributed by atoms with Crippen molar-refractivity contribution in [2.75, 3.05) is 5.32 Å². The molecule has 0 fully saturated rings. The molecular formula is C22H17F2NO5. The molecular weight excluding hydrogens is 396 g/mol. The summed E-state index contributed by atoms with van der Waals surface area (Å²) in [5, 5.41) is 2.06. The van der Waals surface area contributed by atoms with Gasteiger partial charge in [-0.25, -0.2) is 13.6 Å². The van der Waals surface area contributed by atoms with E-state index in [0.29, 0.717) is 16.9 Å². The smallest absolute Gasteiger partial charge is 0.375 e. The van der Waals surface area contributed by atoms with E-state index in [1.807, 2.05) is 0 Å². The Morgan fingerprint density at radius 3 is 2.20 bits per heavy atom. The largest absolute Gasteiger partial charge is 0.449 e. The van der Waals surface area contributed by atoms with Crippen molar-refractivity contribution >= 4 is 23.3 Å². The van der Waals surface area contributed by atoms with Crippen LogP contribution in [0.2, 0.25) is 0 Å². The maximum absolute atomic E-state index is 13.6. The van der Waals surface area contributed by atoms with Gasteiger partial charge in [-0.1, -0.05) is 30.3 Å². The number of rotatable bonds is 6. The molecule has 6 nitrogen and oxygen atoms in total. The zero-order valence-electron chi connectivity index (χ0n) is 16.1. The van der Waals surface area contributed by atoms with Gasteiger partial charge in [0.05, 0.1) is 0 Å². The first-order valence-corrected chi connectivity index (χ1v) is 8.93. The van der Waals surface area contributed by atoms with Crippen LogP contribution in [0.1, 0.15) is 34.8 Å². The van der Waals surface area contributed by atoms with Gasteiger partial charge in [-0.2, -0.15) is 0 Å². The van der Waals surface area contributed by atoms with Crippen LogP contribution in [-0.2, 0) is 9.53 Å². The number of Topliss-reactive ketones (excluding diaryl/α,β-unsaturated/α-hetero) is 1. The van der Waals surface area contributed by atoms with Crippen molar-refractivity contribution in [3.8, 4) is 11.3 Å². The second kappa shape index (κ2) is 8.69. The monoisotopic (exact) mass is 413 g/mol. The zero-order valence-corrected chi connectivity index (χ0v) is 16.1. The summed E-state index contributed by atoms with van der Waals surface area (Å²) < 4.78 is 37.8.